The minimum Gasteiger partial charge on any atom is -0.451 e. The van der Waals surface area contributed by atoms with E-state index in [1.165, 1.54) is 18.2 Å². The van der Waals surface area contributed by atoms with Gasteiger partial charge in [0.2, 0.25) is 0 Å². The summed E-state index contributed by atoms with van der Waals surface area (Å²) >= 11 is 5.80. The van der Waals surface area contributed by atoms with Crippen LogP contribution in [-0.4, -0.2) is 10.8 Å². The monoisotopic (exact) mass is 356 g/mol. The molecule has 0 atom stereocenters. The first-order valence-electron chi connectivity index (χ1n) is 7.41. The zero-order valence-electron chi connectivity index (χ0n) is 12.9. The van der Waals surface area contributed by atoms with E-state index in [2.05, 4.69) is 5.32 Å². The van der Waals surface area contributed by atoms with Gasteiger partial charge in [-0.3, -0.25) is 14.9 Å². The predicted molar refractivity (Wildman–Crippen MR) is 93.4 cm³/mol. The lowest BCUT2D eigenvalue weighted by atomic mass is 10.1. The molecule has 7 heteroatoms. The number of carbonyl (C=O) groups excluding carboxylic acids is 1. The molecule has 3 aromatic rings. The van der Waals surface area contributed by atoms with E-state index in [-0.39, 0.29) is 22.4 Å². The van der Waals surface area contributed by atoms with E-state index < -0.39 is 4.92 Å². The van der Waals surface area contributed by atoms with Gasteiger partial charge in [-0.15, -0.1) is 0 Å². The Morgan fingerprint density at radius 3 is 2.60 bits per heavy atom. The average molecular weight is 357 g/mol. The molecule has 0 bridgehead atoms. The minimum absolute atomic E-state index is 0.0427. The molecule has 126 valence electrons. The Morgan fingerprint density at radius 1 is 1.12 bits per heavy atom. The van der Waals surface area contributed by atoms with Gasteiger partial charge >= 0.3 is 0 Å². The number of nitro groups is 1. The molecule has 0 unspecified atom stereocenters. The van der Waals surface area contributed by atoms with Crippen LogP contribution in [0.3, 0.4) is 0 Å². The summed E-state index contributed by atoms with van der Waals surface area (Å²) in [7, 11) is 0. The number of hydrogen-bond donors (Lipinski definition) is 1. The third-order valence-electron chi connectivity index (χ3n) is 3.55. The maximum atomic E-state index is 12.2. The fourth-order valence-corrected chi connectivity index (χ4v) is 2.47. The van der Waals surface area contributed by atoms with Gasteiger partial charge in [0, 0.05) is 18.2 Å². The van der Waals surface area contributed by atoms with Gasteiger partial charge in [0.1, 0.15) is 10.8 Å². The summed E-state index contributed by atoms with van der Waals surface area (Å²) in [5.41, 5.74) is 1.22. The van der Waals surface area contributed by atoms with Gasteiger partial charge in [0.25, 0.3) is 11.6 Å². The van der Waals surface area contributed by atoms with Crippen LogP contribution in [0.2, 0.25) is 5.02 Å². The lowest BCUT2D eigenvalue weighted by molar-refractivity contribution is -0.384. The molecular formula is C18H13ClN2O4. The van der Waals surface area contributed by atoms with E-state index in [0.29, 0.717) is 17.9 Å². The SMILES string of the molecule is O=C(NCc1ccccc1)c1ccc(-c2ccc(Cl)c([N+](=O)[O-])c2)o1. The molecule has 3 rings (SSSR count). The molecule has 6 nitrogen and oxygen atoms in total. The van der Waals surface area contributed by atoms with Gasteiger partial charge in [0.05, 0.1) is 4.92 Å². The summed E-state index contributed by atoms with van der Waals surface area (Å²) in [5, 5.41) is 13.8. The van der Waals surface area contributed by atoms with E-state index in [1.54, 1.807) is 12.1 Å². The third-order valence-corrected chi connectivity index (χ3v) is 3.87. The van der Waals surface area contributed by atoms with Gasteiger partial charge in [-0.05, 0) is 29.8 Å². The number of furan rings is 1. The standard InChI is InChI=1S/C18H13ClN2O4/c19-14-7-6-13(10-15(14)21(23)24)16-8-9-17(25-16)18(22)20-11-12-4-2-1-3-5-12/h1-10H,11H2,(H,20,22). The highest BCUT2D eigenvalue weighted by atomic mass is 35.5. The molecule has 0 saturated heterocycles. The van der Waals surface area contributed by atoms with E-state index in [0.717, 1.165) is 5.56 Å². The number of nitrogens with zero attached hydrogens (tertiary/aromatic N) is 1. The number of nitro benzene ring substituents is 1. The highest BCUT2D eigenvalue weighted by Gasteiger charge is 2.17. The van der Waals surface area contributed by atoms with Crippen LogP contribution >= 0.6 is 11.6 Å². The van der Waals surface area contributed by atoms with Gasteiger partial charge < -0.3 is 9.73 Å². The Morgan fingerprint density at radius 2 is 1.88 bits per heavy atom. The van der Waals surface area contributed by atoms with Gasteiger partial charge in [-0.2, -0.15) is 0 Å². The molecule has 0 aliphatic rings. The van der Waals surface area contributed by atoms with E-state index >= 15 is 0 Å². The third kappa shape index (κ3) is 3.87. The first-order valence-corrected chi connectivity index (χ1v) is 7.78. The van der Waals surface area contributed by atoms with Crippen molar-refractivity contribution in [2.75, 3.05) is 0 Å². The summed E-state index contributed by atoms with van der Waals surface area (Å²) in [6, 6.07) is 16.9. The molecule has 1 N–H and O–H groups in total. The normalized spacial score (nSPS) is 10.4. The van der Waals surface area contributed by atoms with Crippen LogP contribution in [0.15, 0.2) is 65.1 Å². The summed E-state index contributed by atoms with van der Waals surface area (Å²) < 4.78 is 5.52. The largest absolute Gasteiger partial charge is 0.451 e. The Balaban J connectivity index is 1.75. The molecule has 1 heterocycles. The van der Waals surface area contributed by atoms with Crippen molar-refractivity contribution in [3.05, 3.63) is 87.1 Å². The van der Waals surface area contributed by atoms with Crippen LogP contribution in [0, 0.1) is 10.1 Å². The Hall–Kier alpha value is -3.12. The molecule has 25 heavy (non-hydrogen) atoms. The number of hydrogen-bond acceptors (Lipinski definition) is 4. The molecule has 1 aromatic heterocycles. The van der Waals surface area contributed by atoms with Crippen molar-refractivity contribution < 1.29 is 14.1 Å². The highest BCUT2D eigenvalue weighted by molar-refractivity contribution is 6.32. The molecule has 0 radical (unpaired) electrons. The number of benzene rings is 2. The van der Waals surface area contributed by atoms with Gasteiger partial charge in [-0.25, -0.2) is 0 Å². The average Bonchev–Trinajstić information content (AvgIpc) is 3.11. The van der Waals surface area contributed by atoms with E-state index in [1.807, 2.05) is 30.3 Å². The number of nitrogens with one attached hydrogen (secondary N) is 1. The lowest BCUT2D eigenvalue weighted by Crippen LogP contribution is -2.22. The first kappa shape index (κ1) is 16.7. The van der Waals surface area contributed by atoms with Crippen LogP contribution in [0.5, 0.6) is 0 Å². The van der Waals surface area contributed by atoms with Crippen LogP contribution in [0.4, 0.5) is 5.69 Å². The summed E-state index contributed by atoms with van der Waals surface area (Å²) in [6.45, 7) is 0.377. The van der Waals surface area contributed by atoms with Crippen molar-refractivity contribution in [1.82, 2.24) is 5.32 Å². The van der Waals surface area contributed by atoms with Gasteiger partial charge in [-0.1, -0.05) is 41.9 Å². The number of rotatable bonds is 5. The Kier molecular flexibility index (Phi) is 4.81. The topological polar surface area (TPSA) is 85.4 Å². The van der Waals surface area contributed by atoms with Crippen molar-refractivity contribution in [2.24, 2.45) is 0 Å². The molecule has 0 spiro atoms. The molecule has 1 amide bonds. The van der Waals surface area contributed by atoms with Crippen molar-refractivity contribution in [3.8, 4) is 11.3 Å². The molecular weight excluding hydrogens is 344 g/mol. The van der Waals surface area contributed by atoms with Crippen molar-refractivity contribution >= 4 is 23.2 Å². The van der Waals surface area contributed by atoms with Crippen LogP contribution < -0.4 is 5.32 Å². The molecule has 0 saturated carbocycles. The summed E-state index contributed by atoms with van der Waals surface area (Å²) in [6.07, 6.45) is 0. The molecule has 2 aromatic carbocycles. The second kappa shape index (κ2) is 7.19. The number of halogens is 1. The second-order valence-electron chi connectivity index (χ2n) is 5.26. The fourth-order valence-electron chi connectivity index (χ4n) is 2.29. The maximum Gasteiger partial charge on any atom is 0.288 e. The number of amides is 1. The predicted octanol–water partition coefficient (Wildman–Crippen LogP) is 4.44. The summed E-state index contributed by atoms with van der Waals surface area (Å²) in [5.74, 6) is 0.117. The van der Waals surface area contributed by atoms with Crippen molar-refractivity contribution in [3.63, 3.8) is 0 Å². The minimum atomic E-state index is -0.567. The Bertz CT molecular complexity index is 922. The van der Waals surface area contributed by atoms with Crippen molar-refractivity contribution in [1.29, 1.82) is 0 Å². The first-order chi connectivity index (χ1) is 12.0. The maximum absolute atomic E-state index is 12.2. The quantitative estimate of drug-likeness (QED) is 0.541. The van der Waals surface area contributed by atoms with Crippen LogP contribution in [-0.2, 0) is 6.54 Å². The van der Waals surface area contributed by atoms with Crippen LogP contribution in [0.1, 0.15) is 16.1 Å². The van der Waals surface area contributed by atoms with E-state index in [9.17, 15) is 14.9 Å². The van der Waals surface area contributed by atoms with Gasteiger partial charge in [0.15, 0.2) is 5.76 Å². The Labute approximate surface area is 148 Å². The zero-order valence-corrected chi connectivity index (χ0v) is 13.7. The molecule has 0 aliphatic carbocycles. The van der Waals surface area contributed by atoms with Crippen LogP contribution in [0.25, 0.3) is 11.3 Å². The second-order valence-corrected chi connectivity index (χ2v) is 5.66. The fraction of sp³-hybridized carbons (Fsp3) is 0.0556. The van der Waals surface area contributed by atoms with Crippen molar-refractivity contribution in [2.45, 2.75) is 6.54 Å². The molecule has 0 aliphatic heterocycles. The molecule has 0 fully saturated rings. The highest BCUT2D eigenvalue weighted by Crippen LogP contribution is 2.31. The lowest BCUT2D eigenvalue weighted by Gasteiger charge is -2.03. The summed E-state index contributed by atoms with van der Waals surface area (Å²) in [4.78, 5) is 22.6. The zero-order chi connectivity index (χ0) is 17.8. The van der Waals surface area contributed by atoms with E-state index in [4.69, 9.17) is 16.0 Å². The smallest absolute Gasteiger partial charge is 0.288 e. The number of carbonyl (C=O) groups is 1.